The molecule has 0 spiro atoms. The van der Waals surface area contributed by atoms with Gasteiger partial charge in [0.25, 0.3) is 0 Å². The lowest BCUT2D eigenvalue weighted by molar-refractivity contribution is -0.137. The minimum atomic E-state index is -4.51. The van der Waals surface area contributed by atoms with Gasteiger partial charge in [-0.15, -0.1) is 0 Å². The molecule has 0 saturated carbocycles. The fraction of sp³-hybridized carbons (Fsp3) is 0.263. The molecule has 0 aliphatic carbocycles. The third kappa shape index (κ3) is 3.95. The molecule has 1 aliphatic rings. The van der Waals surface area contributed by atoms with E-state index in [2.05, 4.69) is 10.6 Å². The summed E-state index contributed by atoms with van der Waals surface area (Å²) in [4.78, 5) is 24.9. The van der Waals surface area contributed by atoms with Crippen LogP contribution in [-0.4, -0.2) is 23.5 Å². The average Bonchev–Trinajstić information content (AvgIpc) is 3.03. The summed E-state index contributed by atoms with van der Waals surface area (Å²) in [6.07, 6.45) is -4.51. The van der Waals surface area contributed by atoms with E-state index in [1.165, 1.54) is 12.1 Å². The molecule has 0 radical (unpaired) electrons. The van der Waals surface area contributed by atoms with Crippen LogP contribution in [-0.2, 0) is 22.4 Å². The first-order valence-electron chi connectivity index (χ1n) is 8.25. The van der Waals surface area contributed by atoms with Crippen LogP contribution in [0.3, 0.4) is 0 Å². The molecular formula is C19H17F3N2O3. The van der Waals surface area contributed by atoms with Gasteiger partial charge in [0.15, 0.2) is 0 Å². The van der Waals surface area contributed by atoms with Gasteiger partial charge in [0.05, 0.1) is 12.2 Å². The van der Waals surface area contributed by atoms with Gasteiger partial charge in [0, 0.05) is 23.7 Å². The molecule has 0 bridgehead atoms. The smallest absolute Gasteiger partial charge is 0.392 e. The molecule has 2 atom stereocenters. The van der Waals surface area contributed by atoms with E-state index < -0.39 is 35.4 Å². The molecule has 1 unspecified atom stereocenters. The molecule has 2 aromatic rings. The number of para-hydroxylation sites is 1. The first kappa shape index (κ1) is 18.9. The van der Waals surface area contributed by atoms with E-state index in [9.17, 15) is 27.9 Å². The van der Waals surface area contributed by atoms with Crippen LogP contribution in [0.25, 0.3) is 0 Å². The summed E-state index contributed by atoms with van der Waals surface area (Å²) in [6.45, 7) is -0.232. The largest absolute Gasteiger partial charge is 0.416 e. The molecule has 0 aromatic heterocycles. The minimum Gasteiger partial charge on any atom is -0.392 e. The summed E-state index contributed by atoms with van der Waals surface area (Å²) in [5.41, 5.74) is 0.260. The molecule has 3 N–H and O–H groups in total. The van der Waals surface area contributed by atoms with E-state index in [0.29, 0.717) is 11.3 Å². The number of amides is 2. The van der Waals surface area contributed by atoms with Crippen LogP contribution < -0.4 is 10.6 Å². The molecule has 1 aliphatic heterocycles. The lowest BCUT2D eigenvalue weighted by atomic mass is 9.87. The topological polar surface area (TPSA) is 78.4 Å². The highest BCUT2D eigenvalue weighted by molar-refractivity contribution is 6.08. The number of carbonyl (C=O) groups is 2. The first-order valence-corrected chi connectivity index (χ1v) is 8.25. The van der Waals surface area contributed by atoms with Gasteiger partial charge in [-0.25, -0.2) is 0 Å². The van der Waals surface area contributed by atoms with E-state index in [0.717, 1.165) is 12.1 Å². The van der Waals surface area contributed by atoms with Gasteiger partial charge >= 0.3 is 6.18 Å². The minimum absolute atomic E-state index is 0.0693. The van der Waals surface area contributed by atoms with Gasteiger partial charge < -0.3 is 15.7 Å². The monoisotopic (exact) mass is 378 g/mol. The van der Waals surface area contributed by atoms with Crippen LogP contribution in [0.2, 0.25) is 0 Å². The maximum absolute atomic E-state index is 13.0. The number of nitrogens with one attached hydrogen (secondary N) is 2. The highest BCUT2D eigenvalue weighted by atomic mass is 19.4. The van der Waals surface area contributed by atoms with E-state index in [1.807, 2.05) is 0 Å². The second-order valence-corrected chi connectivity index (χ2v) is 6.26. The number of anilines is 1. The number of hydrogen-bond acceptors (Lipinski definition) is 3. The Hall–Kier alpha value is -2.87. The van der Waals surface area contributed by atoms with Gasteiger partial charge in [-0.2, -0.15) is 13.2 Å². The molecule has 1 saturated heterocycles. The van der Waals surface area contributed by atoms with Crippen molar-refractivity contribution in [3.63, 3.8) is 0 Å². The fourth-order valence-corrected chi connectivity index (χ4v) is 3.17. The summed E-state index contributed by atoms with van der Waals surface area (Å²) in [6, 6.07) is 11.2. The molecule has 27 heavy (non-hydrogen) atoms. The van der Waals surface area contributed by atoms with E-state index in [4.69, 9.17) is 0 Å². The summed E-state index contributed by atoms with van der Waals surface area (Å²) in [5.74, 6) is -3.06. The van der Waals surface area contributed by atoms with Crippen molar-refractivity contribution in [1.29, 1.82) is 0 Å². The Balaban J connectivity index is 1.87. The Morgan fingerprint density at radius 3 is 2.63 bits per heavy atom. The second-order valence-electron chi connectivity index (χ2n) is 6.26. The van der Waals surface area contributed by atoms with E-state index in [1.54, 1.807) is 24.3 Å². The average molecular weight is 378 g/mol. The molecule has 2 aromatic carbocycles. The fourth-order valence-electron chi connectivity index (χ4n) is 3.17. The number of alkyl halides is 3. The van der Waals surface area contributed by atoms with Crippen LogP contribution in [0.5, 0.6) is 0 Å². The highest BCUT2D eigenvalue weighted by Gasteiger charge is 2.42. The summed E-state index contributed by atoms with van der Waals surface area (Å²) in [5, 5.41) is 14.5. The van der Waals surface area contributed by atoms with Gasteiger partial charge in [-0.3, -0.25) is 9.59 Å². The van der Waals surface area contributed by atoms with Crippen molar-refractivity contribution in [2.45, 2.75) is 18.7 Å². The number of carbonyl (C=O) groups excluding carboxylic acids is 2. The third-order valence-corrected chi connectivity index (χ3v) is 4.55. The Bertz CT molecular complexity index is 867. The lowest BCUT2D eigenvalue weighted by Gasteiger charge is -2.19. The predicted octanol–water partition coefficient (Wildman–Crippen LogP) is 2.67. The quantitative estimate of drug-likeness (QED) is 0.716. The zero-order valence-electron chi connectivity index (χ0n) is 14.1. The molecule has 3 rings (SSSR count). The second kappa shape index (κ2) is 7.40. The van der Waals surface area contributed by atoms with Crippen LogP contribution in [0.4, 0.5) is 18.9 Å². The van der Waals surface area contributed by atoms with Crippen molar-refractivity contribution >= 4 is 17.5 Å². The summed E-state index contributed by atoms with van der Waals surface area (Å²) in [7, 11) is 0. The van der Waals surface area contributed by atoms with Crippen molar-refractivity contribution in [3.05, 3.63) is 65.2 Å². The Kier molecular flexibility index (Phi) is 5.18. The molecule has 1 heterocycles. The number of aliphatic hydroxyl groups is 1. The van der Waals surface area contributed by atoms with Gasteiger partial charge in [-0.1, -0.05) is 36.4 Å². The van der Waals surface area contributed by atoms with E-state index in [-0.39, 0.29) is 18.7 Å². The summed E-state index contributed by atoms with van der Waals surface area (Å²) < 4.78 is 38.9. The number of halogens is 3. The maximum Gasteiger partial charge on any atom is 0.416 e. The van der Waals surface area contributed by atoms with Crippen LogP contribution >= 0.6 is 0 Å². The lowest BCUT2D eigenvalue weighted by Crippen LogP contribution is -2.32. The Labute approximate surface area is 153 Å². The van der Waals surface area contributed by atoms with Gasteiger partial charge in [0.2, 0.25) is 11.8 Å². The van der Waals surface area contributed by atoms with Crippen LogP contribution in [0.15, 0.2) is 48.5 Å². The zero-order chi connectivity index (χ0) is 19.6. The number of hydrogen-bond donors (Lipinski definition) is 3. The molecule has 5 nitrogen and oxygen atoms in total. The predicted molar refractivity (Wildman–Crippen MR) is 91.7 cm³/mol. The van der Waals surface area contributed by atoms with Crippen molar-refractivity contribution in [3.8, 4) is 0 Å². The molecule has 2 amide bonds. The summed E-state index contributed by atoms with van der Waals surface area (Å²) >= 11 is 0. The standard InChI is InChI=1S/C19H17F3N2O3/c20-19(21,22)13-6-3-5-11(8-13)14-9-23-17(26)16(14)18(27)24-15-7-2-1-4-12(15)10-25/h1-8,14,16,25H,9-10H2,(H,23,26)(H,24,27)/t14-,16?/m1/s1. The van der Waals surface area contributed by atoms with Gasteiger partial charge in [0.1, 0.15) is 5.92 Å². The van der Waals surface area contributed by atoms with Crippen molar-refractivity contribution < 1.29 is 27.9 Å². The number of aliphatic hydroxyl groups excluding tert-OH is 1. The van der Waals surface area contributed by atoms with E-state index >= 15 is 0 Å². The highest BCUT2D eigenvalue weighted by Crippen LogP contribution is 2.35. The molecule has 142 valence electrons. The third-order valence-electron chi connectivity index (χ3n) is 4.55. The van der Waals surface area contributed by atoms with Crippen molar-refractivity contribution in [2.24, 2.45) is 5.92 Å². The maximum atomic E-state index is 13.0. The molecule has 1 fully saturated rings. The van der Waals surface area contributed by atoms with Crippen LogP contribution in [0.1, 0.15) is 22.6 Å². The first-order chi connectivity index (χ1) is 12.8. The molecule has 8 heteroatoms. The van der Waals surface area contributed by atoms with Crippen molar-refractivity contribution in [2.75, 3.05) is 11.9 Å². The van der Waals surface area contributed by atoms with Crippen LogP contribution in [0, 0.1) is 5.92 Å². The van der Waals surface area contributed by atoms with Crippen molar-refractivity contribution in [1.82, 2.24) is 5.32 Å². The Morgan fingerprint density at radius 2 is 1.93 bits per heavy atom. The SMILES string of the molecule is O=C1NC[C@H](c2cccc(C(F)(F)F)c2)C1C(=O)Nc1ccccc1CO. The Morgan fingerprint density at radius 1 is 1.19 bits per heavy atom. The van der Waals surface area contributed by atoms with Gasteiger partial charge in [-0.05, 0) is 17.7 Å². The zero-order valence-corrected chi connectivity index (χ0v) is 14.1. The number of benzene rings is 2. The number of rotatable bonds is 4. The normalized spacial score (nSPS) is 19.6. The molecular weight excluding hydrogens is 361 g/mol.